The van der Waals surface area contributed by atoms with Gasteiger partial charge < -0.3 is 4.74 Å². The Morgan fingerprint density at radius 2 is 1.08 bits per heavy atom. The minimum Gasteiger partial charge on any atom is -0.422 e. The van der Waals surface area contributed by atoms with E-state index in [0.29, 0.717) is 17.7 Å². The van der Waals surface area contributed by atoms with Crippen LogP contribution >= 0.6 is 0 Å². The highest BCUT2D eigenvalue weighted by molar-refractivity contribution is 5.81. The van der Waals surface area contributed by atoms with Crippen LogP contribution in [0.3, 0.4) is 0 Å². The van der Waals surface area contributed by atoms with Crippen molar-refractivity contribution < 1.29 is 93.6 Å². The Bertz CT molecular complexity index is 1030. The molecule has 0 aliphatic carbocycles. The summed E-state index contributed by atoms with van der Waals surface area (Å²) in [5.41, 5.74) is 0.398. The molecule has 1 rings (SSSR count). The van der Waals surface area contributed by atoms with Crippen molar-refractivity contribution in [1.29, 1.82) is 0 Å². The Morgan fingerprint density at radius 1 is 0.605 bits per heavy atom. The molecule has 1 aromatic rings. The van der Waals surface area contributed by atoms with E-state index < -0.39 is 60.1 Å². The van der Waals surface area contributed by atoms with Crippen molar-refractivity contribution in [1.82, 2.24) is 0 Å². The Hall–Kier alpha value is -2.58. The molecule has 0 aliphatic rings. The number of carbonyl (C=O) groups excluding carboxylic acids is 1. The maximum Gasteiger partial charge on any atom is 0.462 e. The van der Waals surface area contributed by atoms with Crippen molar-refractivity contribution >= 4 is 5.97 Å². The predicted molar refractivity (Wildman–Crippen MR) is 84.4 cm³/mol. The molecular weight excluding hydrogens is 591 g/mol. The lowest BCUT2D eigenvalue weighted by atomic mass is 10.1. The summed E-state index contributed by atoms with van der Waals surface area (Å²) in [4.78, 5) is 11.7. The van der Waals surface area contributed by atoms with Gasteiger partial charge in [0.25, 0.3) is 0 Å². The number of esters is 1. The summed E-state index contributed by atoms with van der Waals surface area (Å²) >= 11 is 0. The molecule has 0 aromatic heterocycles. The molecule has 220 valence electrons. The van der Waals surface area contributed by atoms with Crippen LogP contribution in [0, 0.1) is 13.8 Å². The first-order chi connectivity index (χ1) is 16.5. The van der Waals surface area contributed by atoms with Crippen molar-refractivity contribution in [3.63, 3.8) is 0 Å². The first kappa shape index (κ1) is 33.4. The highest BCUT2D eigenvalue weighted by Crippen LogP contribution is 2.56. The van der Waals surface area contributed by atoms with Crippen LogP contribution in [0.2, 0.25) is 0 Å². The molecule has 0 spiro atoms. The van der Waals surface area contributed by atoms with Crippen LogP contribution in [0.1, 0.15) is 11.1 Å². The number of benzene rings is 1. The summed E-state index contributed by atoms with van der Waals surface area (Å²) < 4.78 is 230. The maximum atomic E-state index is 14.4. The van der Waals surface area contributed by atoms with Gasteiger partial charge in [-0.3, -0.25) is 9.47 Å². The van der Waals surface area contributed by atoms with Crippen LogP contribution in [0.4, 0.5) is 74.6 Å². The number of ether oxygens (including phenoxy) is 3. The van der Waals surface area contributed by atoms with Crippen LogP contribution in [-0.4, -0.2) is 54.3 Å². The molecule has 0 aliphatic heterocycles. The number of rotatable bonds is 8. The normalized spacial score (nSPS) is 17.6. The minimum absolute atomic E-state index is 0.0686. The maximum absolute atomic E-state index is 14.4. The molecule has 0 fully saturated rings. The van der Waals surface area contributed by atoms with Crippen LogP contribution in [0.25, 0.3) is 0 Å². The third-order valence-corrected chi connectivity index (χ3v) is 4.31. The first-order valence-corrected chi connectivity index (χ1v) is 8.88. The number of alkyl halides is 17. The molecule has 1 aromatic carbocycles. The predicted octanol–water partition coefficient (Wildman–Crippen LogP) is 7.08. The van der Waals surface area contributed by atoms with Gasteiger partial charge in [-0.25, -0.2) is 4.79 Å². The van der Waals surface area contributed by atoms with Gasteiger partial charge in [0.2, 0.25) is 0 Å². The summed E-state index contributed by atoms with van der Waals surface area (Å²) in [5.74, 6) is -27.7. The third-order valence-electron chi connectivity index (χ3n) is 4.31. The van der Waals surface area contributed by atoms with E-state index in [4.69, 9.17) is 0 Å². The van der Waals surface area contributed by atoms with Gasteiger partial charge >= 0.3 is 54.3 Å². The van der Waals surface area contributed by atoms with E-state index in [9.17, 15) is 79.4 Å². The van der Waals surface area contributed by atoms with E-state index in [0.717, 1.165) is 6.07 Å². The van der Waals surface area contributed by atoms with E-state index in [1.807, 2.05) is 4.74 Å². The zero-order valence-electron chi connectivity index (χ0n) is 17.8. The average molecular weight is 600 g/mol. The summed E-state index contributed by atoms with van der Waals surface area (Å²) in [6.07, 6.45) is -38.7. The van der Waals surface area contributed by atoms with Crippen molar-refractivity contribution in [2.24, 2.45) is 0 Å². The minimum atomic E-state index is -8.08. The van der Waals surface area contributed by atoms with Gasteiger partial charge in [-0.1, -0.05) is 6.07 Å². The standard InChI is InChI=1S/C17H9F17O4/c1-6-3-4-8(5-7(6)2)36-9(35)10(18,13(22,23)24)37-17(33,34)12(21,15(28,29)30)38-16(31,32)11(19,20)14(25,26)27/h3-5H,1-2H3. The average Bonchev–Trinajstić information content (AvgIpc) is 2.67. The molecule has 0 heterocycles. The SMILES string of the molecule is Cc1ccc(OC(=O)C(F)(OC(F)(F)C(F)(OC(F)(F)C(F)(F)C(F)(F)F)C(F)(F)F)C(F)(F)F)cc1C. The molecule has 38 heavy (non-hydrogen) atoms. The fraction of sp³-hybridized carbons (Fsp3) is 0.588. The summed E-state index contributed by atoms with van der Waals surface area (Å²) in [7, 11) is 0. The quantitative estimate of drug-likeness (QED) is 0.182. The van der Waals surface area contributed by atoms with Crippen molar-refractivity contribution in [2.45, 2.75) is 62.2 Å². The largest absolute Gasteiger partial charge is 0.462 e. The highest BCUT2D eigenvalue weighted by atomic mass is 19.4. The first-order valence-electron chi connectivity index (χ1n) is 8.88. The topological polar surface area (TPSA) is 44.8 Å². The molecule has 2 atom stereocenters. The zero-order valence-corrected chi connectivity index (χ0v) is 17.8. The number of halogens is 17. The van der Waals surface area contributed by atoms with Gasteiger partial charge in [-0.05, 0) is 37.1 Å². The Morgan fingerprint density at radius 3 is 1.45 bits per heavy atom. The van der Waals surface area contributed by atoms with Crippen LogP contribution in [0.5, 0.6) is 5.75 Å². The second kappa shape index (κ2) is 9.56. The third kappa shape index (κ3) is 5.86. The lowest BCUT2D eigenvalue weighted by Gasteiger charge is -2.39. The van der Waals surface area contributed by atoms with Gasteiger partial charge in [0.15, 0.2) is 0 Å². The van der Waals surface area contributed by atoms with Crippen molar-refractivity contribution in [3.8, 4) is 5.75 Å². The highest BCUT2D eigenvalue weighted by Gasteiger charge is 2.85. The molecule has 0 amide bonds. The van der Waals surface area contributed by atoms with E-state index in [1.165, 1.54) is 18.6 Å². The molecule has 21 heteroatoms. The molecule has 0 N–H and O–H groups in total. The van der Waals surface area contributed by atoms with E-state index in [1.54, 1.807) is 0 Å². The summed E-state index contributed by atoms with van der Waals surface area (Å²) in [6.45, 7) is 2.55. The molecule has 0 saturated heterocycles. The van der Waals surface area contributed by atoms with Gasteiger partial charge in [-0.15, -0.1) is 0 Å². The summed E-state index contributed by atoms with van der Waals surface area (Å²) in [5, 5.41) is 0. The van der Waals surface area contributed by atoms with Crippen molar-refractivity contribution in [2.75, 3.05) is 0 Å². The molecule has 0 saturated carbocycles. The van der Waals surface area contributed by atoms with Crippen molar-refractivity contribution in [3.05, 3.63) is 29.3 Å². The van der Waals surface area contributed by atoms with E-state index >= 15 is 0 Å². The molecule has 0 radical (unpaired) electrons. The number of aryl methyl sites for hydroxylation is 2. The fourth-order valence-electron chi connectivity index (χ4n) is 2.10. The van der Waals surface area contributed by atoms with Gasteiger partial charge in [0, 0.05) is 0 Å². The lowest BCUT2D eigenvalue weighted by molar-refractivity contribution is -0.548. The van der Waals surface area contributed by atoms with Crippen LogP contribution < -0.4 is 4.74 Å². The van der Waals surface area contributed by atoms with Gasteiger partial charge in [-0.2, -0.15) is 74.6 Å². The Labute approximate surface area is 198 Å². The van der Waals surface area contributed by atoms with Gasteiger partial charge in [0.05, 0.1) is 0 Å². The second-order valence-corrected chi connectivity index (χ2v) is 7.13. The van der Waals surface area contributed by atoms with E-state index in [-0.39, 0.29) is 5.56 Å². The second-order valence-electron chi connectivity index (χ2n) is 7.13. The van der Waals surface area contributed by atoms with Crippen LogP contribution in [-0.2, 0) is 14.3 Å². The Balaban J connectivity index is 3.63. The zero-order chi connectivity index (χ0) is 30.6. The fourth-order valence-corrected chi connectivity index (χ4v) is 2.10. The number of hydrogen-bond donors (Lipinski definition) is 0. The number of carbonyl (C=O) groups is 1. The Kier molecular flexibility index (Phi) is 8.41. The lowest BCUT2D eigenvalue weighted by Crippen LogP contribution is -2.68. The molecular formula is C17H9F17O4. The number of hydrogen-bond acceptors (Lipinski definition) is 4. The van der Waals surface area contributed by atoms with E-state index in [2.05, 4.69) is 4.74 Å². The summed E-state index contributed by atoms with van der Waals surface area (Å²) in [6, 6.07) is 2.18. The molecule has 0 bridgehead atoms. The molecule has 4 nitrogen and oxygen atoms in total. The van der Waals surface area contributed by atoms with Gasteiger partial charge in [0.1, 0.15) is 5.75 Å². The van der Waals surface area contributed by atoms with Crippen LogP contribution in [0.15, 0.2) is 18.2 Å². The molecule has 2 unspecified atom stereocenters. The smallest absolute Gasteiger partial charge is 0.422 e. The monoisotopic (exact) mass is 600 g/mol.